The number of aromatic nitrogens is 1. The zero-order valence-corrected chi connectivity index (χ0v) is 20.7. The van der Waals surface area contributed by atoms with Crippen molar-refractivity contribution in [2.24, 2.45) is 5.92 Å². The number of halogens is 1. The molecule has 35 heavy (non-hydrogen) atoms. The molecule has 1 aromatic heterocycles. The Kier molecular flexibility index (Phi) is 7.18. The third-order valence-electron chi connectivity index (χ3n) is 6.28. The van der Waals surface area contributed by atoms with E-state index in [1.165, 1.54) is 22.5 Å². The van der Waals surface area contributed by atoms with Gasteiger partial charge >= 0.3 is 0 Å². The van der Waals surface area contributed by atoms with Gasteiger partial charge in [-0.2, -0.15) is 4.31 Å². The summed E-state index contributed by atoms with van der Waals surface area (Å²) in [6.45, 7) is 5.86. The van der Waals surface area contributed by atoms with Crippen LogP contribution in [0.2, 0.25) is 0 Å². The minimum absolute atomic E-state index is 0.0208. The zero-order valence-electron chi connectivity index (χ0n) is 19.9. The zero-order chi connectivity index (χ0) is 25.2. The van der Waals surface area contributed by atoms with Crippen LogP contribution in [0.4, 0.5) is 10.1 Å². The van der Waals surface area contributed by atoms with Crippen molar-refractivity contribution in [3.05, 3.63) is 76.4 Å². The van der Waals surface area contributed by atoms with Gasteiger partial charge in [0.2, 0.25) is 15.9 Å². The molecule has 1 unspecified atom stereocenters. The lowest BCUT2D eigenvalue weighted by Crippen LogP contribution is -2.43. The van der Waals surface area contributed by atoms with Crippen molar-refractivity contribution in [1.82, 2.24) is 9.46 Å². The van der Waals surface area contributed by atoms with E-state index in [1.807, 2.05) is 32.0 Å². The standard InChI is InChI=1S/C26H28FN3O4S/c1-17-10-12-22(15-18(17)2)28-26(31)21-8-6-14-30(16-21)35(32,33)25-19(3)29-34-24(25)13-11-20-7-4-5-9-23(20)27/h4-5,7,9-13,15,21H,6,8,14,16H2,1-3H3,(H,28,31). The van der Waals surface area contributed by atoms with Gasteiger partial charge in [-0.3, -0.25) is 4.79 Å². The summed E-state index contributed by atoms with van der Waals surface area (Å²) in [7, 11) is -3.99. The first kappa shape index (κ1) is 24.8. The molecular formula is C26H28FN3O4S. The smallest absolute Gasteiger partial charge is 0.248 e. The number of anilines is 1. The topological polar surface area (TPSA) is 92.5 Å². The van der Waals surface area contributed by atoms with E-state index in [0.29, 0.717) is 24.1 Å². The number of benzene rings is 2. The number of aryl methyl sites for hydroxylation is 3. The van der Waals surface area contributed by atoms with E-state index >= 15 is 0 Å². The third-order valence-corrected chi connectivity index (χ3v) is 8.30. The van der Waals surface area contributed by atoms with Crippen LogP contribution in [0.25, 0.3) is 12.2 Å². The lowest BCUT2D eigenvalue weighted by molar-refractivity contribution is -0.120. The monoisotopic (exact) mass is 497 g/mol. The number of hydrogen-bond donors (Lipinski definition) is 1. The SMILES string of the molecule is Cc1ccc(NC(=O)C2CCCN(S(=O)(=O)c3c(C)noc3C=Cc3ccccc3F)C2)cc1C. The summed E-state index contributed by atoms with van der Waals surface area (Å²) in [5.74, 6) is -1.11. The second kappa shape index (κ2) is 10.1. The number of nitrogens with zero attached hydrogens (tertiary/aromatic N) is 2. The van der Waals surface area contributed by atoms with Gasteiger partial charge in [-0.15, -0.1) is 0 Å². The normalized spacial score (nSPS) is 17.1. The van der Waals surface area contributed by atoms with Gasteiger partial charge in [0.15, 0.2) is 10.7 Å². The number of sulfonamides is 1. The molecule has 0 radical (unpaired) electrons. The first-order valence-corrected chi connectivity index (χ1v) is 12.9. The summed E-state index contributed by atoms with van der Waals surface area (Å²) in [5, 5.41) is 6.75. The van der Waals surface area contributed by atoms with Crippen LogP contribution in [-0.4, -0.2) is 36.9 Å². The second-order valence-corrected chi connectivity index (χ2v) is 10.7. The molecule has 4 rings (SSSR count). The van der Waals surface area contributed by atoms with Crippen LogP contribution in [-0.2, 0) is 14.8 Å². The number of hydrogen-bond acceptors (Lipinski definition) is 5. The van der Waals surface area contributed by atoms with Gasteiger partial charge in [-0.25, -0.2) is 12.8 Å². The van der Waals surface area contributed by atoms with Crippen LogP contribution >= 0.6 is 0 Å². The number of nitrogens with one attached hydrogen (secondary N) is 1. The van der Waals surface area contributed by atoms with E-state index in [2.05, 4.69) is 10.5 Å². The quantitative estimate of drug-likeness (QED) is 0.520. The van der Waals surface area contributed by atoms with Crippen LogP contribution in [0.15, 0.2) is 51.9 Å². The maximum absolute atomic E-state index is 14.0. The lowest BCUT2D eigenvalue weighted by Gasteiger charge is -2.31. The summed E-state index contributed by atoms with van der Waals surface area (Å²) < 4.78 is 47.7. The molecule has 1 aliphatic rings. The Hall–Kier alpha value is -3.30. The number of piperidine rings is 1. The van der Waals surface area contributed by atoms with Crippen LogP contribution in [0.3, 0.4) is 0 Å². The van der Waals surface area contributed by atoms with Crippen molar-refractivity contribution in [2.75, 3.05) is 18.4 Å². The maximum Gasteiger partial charge on any atom is 0.248 e. The van der Waals surface area contributed by atoms with Crippen molar-refractivity contribution in [2.45, 2.75) is 38.5 Å². The van der Waals surface area contributed by atoms with Crippen molar-refractivity contribution in [1.29, 1.82) is 0 Å². The summed E-state index contributed by atoms with van der Waals surface area (Å²) in [5.41, 5.74) is 3.38. The summed E-state index contributed by atoms with van der Waals surface area (Å²) >= 11 is 0. The Morgan fingerprint density at radius 1 is 1.14 bits per heavy atom. The molecule has 0 aliphatic carbocycles. The Balaban J connectivity index is 1.54. The van der Waals surface area contributed by atoms with E-state index in [0.717, 1.165) is 11.1 Å². The Morgan fingerprint density at radius 3 is 2.66 bits per heavy atom. The number of rotatable bonds is 6. The molecule has 0 bridgehead atoms. The van der Waals surface area contributed by atoms with Crippen LogP contribution in [0, 0.1) is 32.5 Å². The lowest BCUT2D eigenvalue weighted by atomic mass is 9.98. The highest BCUT2D eigenvalue weighted by Crippen LogP contribution is 2.30. The molecule has 7 nitrogen and oxygen atoms in total. The molecule has 3 aromatic rings. The van der Waals surface area contributed by atoms with E-state index in [-0.39, 0.29) is 35.3 Å². The highest BCUT2D eigenvalue weighted by atomic mass is 32.2. The first-order valence-electron chi connectivity index (χ1n) is 11.4. The van der Waals surface area contributed by atoms with Gasteiger partial charge in [-0.1, -0.05) is 29.4 Å². The molecule has 184 valence electrons. The molecule has 0 spiro atoms. The molecule has 2 heterocycles. The predicted molar refractivity (Wildman–Crippen MR) is 133 cm³/mol. The average Bonchev–Trinajstić information content (AvgIpc) is 3.22. The molecule has 2 aromatic carbocycles. The Morgan fingerprint density at radius 2 is 1.91 bits per heavy atom. The number of carbonyl (C=O) groups is 1. The molecule has 9 heteroatoms. The average molecular weight is 498 g/mol. The molecule has 1 amide bonds. The van der Waals surface area contributed by atoms with Crippen LogP contribution in [0.5, 0.6) is 0 Å². The summed E-state index contributed by atoms with van der Waals surface area (Å²) in [6.07, 6.45) is 3.99. The Labute approximate surface area is 204 Å². The molecule has 1 fully saturated rings. The van der Waals surface area contributed by atoms with Crippen molar-refractivity contribution in [3.8, 4) is 0 Å². The highest BCUT2D eigenvalue weighted by Gasteiger charge is 2.37. The van der Waals surface area contributed by atoms with Crippen LogP contribution < -0.4 is 5.32 Å². The molecule has 1 atom stereocenters. The summed E-state index contributed by atoms with van der Waals surface area (Å²) in [4.78, 5) is 12.9. The molecule has 0 saturated carbocycles. The number of amides is 1. The third kappa shape index (κ3) is 5.36. The fraction of sp³-hybridized carbons (Fsp3) is 0.308. The van der Waals surface area contributed by atoms with Crippen LogP contribution in [0.1, 0.15) is 41.0 Å². The predicted octanol–water partition coefficient (Wildman–Crippen LogP) is 4.95. The van der Waals surface area contributed by atoms with E-state index < -0.39 is 21.8 Å². The second-order valence-electron chi connectivity index (χ2n) is 8.81. The molecular weight excluding hydrogens is 469 g/mol. The minimum atomic E-state index is -3.99. The van der Waals surface area contributed by atoms with Gasteiger partial charge in [0.25, 0.3) is 0 Å². The number of carbonyl (C=O) groups excluding carboxylic acids is 1. The van der Waals surface area contributed by atoms with Crippen molar-refractivity contribution in [3.63, 3.8) is 0 Å². The molecule has 1 saturated heterocycles. The first-order chi connectivity index (χ1) is 16.7. The maximum atomic E-state index is 14.0. The summed E-state index contributed by atoms with van der Waals surface area (Å²) in [6, 6.07) is 11.8. The molecule has 1 N–H and O–H groups in total. The molecule has 1 aliphatic heterocycles. The van der Waals surface area contributed by atoms with Gasteiger partial charge in [0.1, 0.15) is 11.5 Å². The highest BCUT2D eigenvalue weighted by molar-refractivity contribution is 7.89. The van der Waals surface area contributed by atoms with Crippen molar-refractivity contribution < 1.29 is 22.1 Å². The fourth-order valence-corrected chi connectivity index (χ4v) is 5.92. The Bertz CT molecular complexity index is 1380. The largest absolute Gasteiger partial charge is 0.355 e. The van der Waals surface area contributed by atoms with E-state index in [9.17, 15) is 17.6 Å². The van der Waals surface area contributed by atoms with Crippen molar-refractivity contribution >= 4 is 33.8 Å². The van der Waals surface area contributed by atoms with E-state index in [4.69, 9.17) is 4.52 Å². The van der Waals surface area contributed by atoms with Gasteiger partial charge in [0, 0.05) is 24.3 Å². The van der Waals surface area contributed by atoms with E-state index in [1.54, 1.807) is 25.1 Å². The minimum Gasteiger partial charge on any atom is -0.355 e. The van der Waals surface area contributed by atoms with Gasteiger partial charge in [0.05, 0.1) is 5.92 Å². The van der Waals surface area contributed by atoms with Gasteiger partial charge in [-0.05, 0) is 75.1 Å². The van der Waals surface area contributed by atoms with Gasteiger partial charge < -0.3 is 9.84 Å². The fourth-order valence-electron chi connectivity index (χ4n) is 4.14.